The highest BCUT2D eigenvalue weighted by atomic mass is 19.2. The van der Waals surface area contributed by atoms with E-state index in [0.717, 1.165) is 0 Å². The Morgan fingerprint density at radius 1 is 0.302 bits per heavy atom. The van der Waals surface area contributed by atoms with Crippen LogP contribution in [0.5, 0.6) is 11.5 Å². The summed E-state index contributed by atoms with van der Waals surface area (Å²) in [7, 11) is -3.79. The Morgan fingerprint density at radius 2 is 0.642 bits per heavy atom. The van der Waals surface area contributed by atoms with Gasteiger partial charge in [-0.25, -0.2) is 65.9 Å². The molecule has 0 aromatic heterocycles. The molecule has 21 heteroatoms. The van der Waals surface area contributed by atoms with E-state index in [9.17, 15) is 48.3 Å². The molecule has 0 fully saturated rings. The Morgan fingerprint density at radius 3 is 1.17 bits per heavy atom. The van der Waals surface area contributed by atoms with Crippen LogP contribution in [0.4, 0.5) is 79.0 Å². The third-order valence-corrected chi connectivity index (χ3v) is 8.17. The maximum Gasteiger partial charge on any atom is 0.636 e. The van der Waals surface area contributed by atoms with Crippen LogP contribution in [-0.2, 0) is 0 Å². The fourth-order valence-corrected chi connectivity index (χ4v) is 5.89. The van der Waals surface area contributed by atoms with Crippen molar-refractivity contribution in [3.63, 3.8) is 0 Å². The fourth-order valence-electron chi connectivity index (χ4n) is 5.89. The number of hydrogen-bond acceptors (Lipinski definition) is 2. The molecule has 0 saturated heterocycles. The van der Waals surface area contributed by atoms with Crippen LogP contribution in [0, 0.1) is 105 Å². The van der Waals surface area contributed by atoms with Gasteiger partial charge in [-0.15, -0.1) is 0 Å². The molecule has 0 aliphatic carbocycles. The number of hydrogen-bond donors (Lipinski definition) is 0. The van der Waals surface area contributed by atoms with Gasteiger partial charge in [0.15, 0.2) is 69.7 Å². The number of fused-ring (bicyclic) bond motifs is 1. The smallest absolute Gasteiger partial charge is 0.519 e. The van der Waals surface area contributed by atoms with Gasteiger partial charge in [0.2, 0.25) is 34.9 Å². The van der Waals surface area contributed by atoms with Crippen LogP contribution < -0.4 is 14.8 Å². The highest BCUT2D eigenvalue weighted by Crippen LogP contribution is 2.45. The second-order valence-corrected chi connectivity index (χ2v) is 10.9. The summed E-state index contributed by atoms with van der Waals surface area (Å²) in [4.78, 5) is 0. The first-order valence-corrected chi connectivity index (χ1v) is 13.8. The lowest BCUT2D eigenvalue weighted by molar-refractivity contribution is 0.331. The zero-order valence-electron chi connectivity index (χ0n) is 24.4. The summed E-state index contributed by atoms with van der Waals surface area (Å²) in [5.74, 6) is -52.8. The second kappa shape index (κ2) is 11.9. The average molecular weight is 772 g/mol. The topological polar surface area (TPSA) is 18.5 Å². The molecule has 0 spiro atoms. The van der Waals surface area contributed by atoms with Crippen molar-refractivity contribution in [2.24, 2.45) is 0 Å². The highest BCUT2D eigenvalue weighted by Gasteiger charge is 2.44. The minimum atomic E-state index is -3.79. The fraction of sp³-hybridized carbons (Fsp3) is 0. The Balaban J connectivity index is 1.69. The van der Waals surface area contributed by atoms with Crippen molar-refractivity contribution in [2.75, 3.05) is 0 Å². The van der Waals surface area contributed by atoms with Crippen LogP contribution in [0.3, 0.4) is 0 Å². The lowest BCUT2D eigenvalue weighted by Crippen LogP contribution is -2.46. The maximum atomic E-state index is 16.1. The number of rotatable bonds is 5. The lowest BCUT2D eigenvalue weighted by atomic mass is 9.73. The van der Waals surface area contributed by atoms with Gasteiger partial charge < -0.3 is 9.31 Å². The van der Waals surface area contributed by atoms with Crippen LogP contribution in [0.25, 0.3) is 43.1 Å². The van der Waals surface area contributed by atoms with Gasteiger partial charge >= 0.3 is 7.12 Å². The molecule has 0 aliphatic rings. The molecule has 272 valence electrons. The molecule has 0 aliphatic heterocycles. The molecule has 0 amide bonds. The Labute approximate surface area is 278 Å². The van der Waals surface area contributed by atoms with Gasteiger partial charge in [-0.1, -0.05) is 12.1 Å². The van der Waals surface area contributed by atoms with E-state index in [-0.39, 0.29) is 0 Å². The van der Waals surface area contributed by atoms with Gasteiger partial charge in [0.1, 0.15) is 11.6 Å². The predicted octanol–water partition coefficient (Wildman–Crippen LogP) is 10.1. The molecule has 0 heterocycles. The van der Waals surface area contributed by atoms with Gasteiger partial charge in [-0.2, -0.15) is 13.2 Å². The van der Waals surface area contributed by atoms with E-state index in [1.807, 2.05) is 0 Å². The van der Waals surface area contributed by atoms with Crippen molar-refractivity contribution >= 4 is 55.7 Å². The minimum absolute atomic E-state index is 0.443. The third-order valence-electron chi connectivity index (χ3n) is 8.17. The van der Waals surface area contributed by atoms with Crippen molar-refractivity contribution in [3.8, 4) is 11.5 Å². The first-order chi connectivity index (χ1) is 24.8. The van der Waals surface area contributed by atoms with E-state index in [1.54, 1.807) is 0 Å². The van der Waals surface area contributed by atoms with Crippen molar-refractivity contribution < 1.29 is 88.3 Å². The predicted molar refractivity (Wildman–Crippen MR) is 146 cm³/mol. The first-order valence-electron chi connectivity index (χ1n) is 13.8. The molecule has 0 radical (unpaired) electrons. The lowest BCUT2D eigenvalue weighted by Gasteiger charge is -2.24. The zero-order chi connectivity index (χ0) is 38.9. The first kappa shape index (κ1) is 35.6. The van der Waals surface area contributed by atoms with Crippen LogP contribution in [-0.4, -0.2) is 7.12 Å². The molecule has 53 heavy (non-hydrogen) atoms. The Hall–Kier alpha value is -5.76. The molecule has 0 bridgehead atoms. The summed E-state index contributed by atoms with van der Waals surface area (Å²) in [6, 6.07) is 1.60. The van der Waals surface area contributed by atoms with Gasteiger partial charge in [0.25, 0.3) is 0 Å². The van der Waals surface area contributed by atoms with E-state index in [1.165, 1.54) is 0 Å². The molecule has 2 nitrogen and oxygen atoms in total. The summed E-state index contributed by atoms with van der Waals surface area (Å²) in [6.07, 6.45) is 0. The third kappa shape index (κ3) is 4.60. The highest BCUT2D eigenvalue weighted by molar-refractivity contribution is 6.66. The number of halogens is 18. The Kier molecular flexibility index (Phi) is 7.99. The largest absolute Gasteiger partial charge is 0.636 e. The minimum Gasteiger partial charge on any atom is -0.519 e. The SMILES string of the molecule is Fc1c(F)c(F)c(OB(Oc2c(F)c(F)c(F)c3c(F)cccc23)c2c(F)c(F)c3c(F)c(F)c4c(F)c(F)c(F)c5c(F)c(F)c2c3c45)c(F)c1F. The normalized spacial score (nSPS) is 12.0. The van der Waals surface area contributed by atoms with E-state index in [2.05, 4.69) is 4.65 Å². The van der Waals surface area contributed by atoms with Crippen molar-refractivity contribution in [2.45, 2.75) is 0 Å². The van der Waals surface area contributed by atoms with Crippen LogP contribution in [0.2, 0.25) is 0 Å². The molecule has 0 atom stereocenters. The number of benzene rings is 7. The maximum absolute atomic E-state index is 16.1. The van der Waals surface area contributed by atoms with E-state index in [0.29, 0.717) is 18.2 Å². The molecule has 0 saturated carbocycles. The average Bonchev–Trinajstić information content (AvgIpc) is 3.12. The molecule has 0 N–H and O–H groups in total. The van der Waals surface area contributed by atoms with Crippen LogP contribution >= 0.6 is 0 Å². The second-order valence-electron chi connectivity index (χ2n) is 10.9. The summed E-state index contributed by atoms with van der Waals surface area (Å²) in [5.41, 5.74) is -2.30. The summed E-state index contributed by atoms with van der Waals surface area (Å²) in [6.45, 7) is 0. The molecule has 0 unspecified atom stereocenters. The van der Waals surface area contributed by atoms with E-state index < -0.39 is 172 Å². The molecule has 7 rings (SSSR count). The van der Waals surface area contributed by atoms with Crippen molar-refractivity contribution in [3.05, 3.63) is 123 Å². The standard InChI is InChI=1S/C32H3BF18O2/c34-5-3-1-2-4-6(5)14(35)24(45)28(49)31(4)52-33(53-32-29(50)26(47)25(46)27(48)30(32)51)13-9-7-8-11(16(37)15(9)36)20(41)23(44)21(42)12(8)18(39)17(38)10(7)19(40)22(13)43/h1-3H. The quantitative estimate of drug-likeness (QED) is 0.0571. The zero-order valence-corrected chi connectivity index (χ0v) is 24.4. The summed E-state index contributed by atoms with van der Waals surface area (Å²) < 4.78 is 279. The molecule has 7 aromatic carbocycles. The molecule has 7 aromatic rings. The van der Waals surface area contributed by atoms with Crippen LogP contribution in [0.1, 0.15) is 0 Å². The Bertz CT molecular complexity index is 2740. The van der Waals surface area contributed by atoms with E-state index >= 15 is 30.7 Å². The van der Waals surface area contributed by atoms with Gasteiger partial charge in [0, 0.05) is 21.5 Å². The van der Waals surface area contributed by atoms with Crippen molar-refractivity contribution in [1.29, 1.82) is 0 Å². The summed E-state index contributed by atoms with van der Waals surface area (Å²) >= 11 is 0. The van der Waals surface area contributed by atoms with Gasteiger partial charge in [0.05, 0.1) is 27.0 Å². The van der Waals surface area contributed by atoms with E-state index in [4.69, 9.17) is 4.65 Å². The van der Waals surface area contributed by atoms with Gasteiger partial charge in [-0.05, 0) is 6.07 Å². The van der Waals surface area contributed by atoms with Gasteiger partial charge in [-0.3, -0.25) is 0 Å². The van der Waals surface area contributed by atoms with Crippen molar-refractivity contribution in [1.82, 2.24) is 0 Å². The van der Waals surface area contributed by atoms with Crippen LogP contribution in [0.15, 0.2) is 18.2 Å². The molecular formula is C32H3BF18O2. The summed E-state index contributed by atoms with van der Waals surface area (Å²) in [5, 5.41) is -14.8. The monoisotopic (exact) mass is 772 g/mol. The molecular weight excluding hydrogens is 769 g/mol.